The summed E-state index contributed by atoms with van der Waals surface area (Å²) in [5, 5.41) is 6.23. The monoisotopic (exact) mass is 224 g/mol. The van der Waals surface area contributed by atoms with Crippen LogP contribution >= 0.6 is 0 Å². The lowest BCUT2D eigenvalue weighted by atomic mass is 10.1. The topological polar surface area (TPSA) is 24.1 Å². The van der Waals surface area contributed by atoms with Crippen LogP contribution in [0.2, 0.25) is 0 Å². The summed E-state index contributed by atoms with van der Waals surface area (Å²) in [6.45, 7) is 7.94. The molecule has 0 aliphatic carbocycles. The van der Waals surface area contributed by atoms with Crippen LogP contribution in [-0.4, -0.2) is 13.2 Å². The zero-order valence-corrected chi connectivity index (χ0v) is 10.8. The molecule has 0 aromatic rings. The highest BCUT2D eigenvalue weighted by Crippen LogP contribution is 2.04. The highest BCUT2D eigenvalue weighted by atomic mass is 15.0. The minimum atomic E-state index is 0.913. The Balaban J connectivity index is 0.000000288. The Hall–Kier alpha value is -0.760. The molecule has 2 N–H and O–H groups in total. The third kappa shape index (κ3) is 13.2. The van der Waals surface area contributed by atoms with Crippen molar-refractivity contribution in [1.29, 1.82) is 0 Å². The van der Waals surface area contributed by atoms with Crippen LogP contribution in [0.5, 0.6) is 0 Å². The average Bonchev–Trinajstić information content (AvgIpc) is 2.62. The molecule has 94 valence electrons. The van der Waals surface area contributed by atoms with E-state index >= 15 is 0 Å². The summed E-state index contributed by atoms with van der Waals surface area (Å²) in [6.07, 6.45) is 15.3. The lowest BCUT2D eigenvalue weighted by molar-refractivity contribution is 0.638. The maximum absolute atomic E-state index is 3.68. The third-order valence-corrected chi connectivity index (χ3v) is 2.46. The van der Waals surface area contributed by atoms with Gasteiger partial charge in [-0.25, -0.2) is 0 Å². The summed E-state index contributed by atoms with van der Waals surface area (Å²) in [6, 6.07) is 0. The number of unbranched alkanes of at least 4 members (excludes halogenated alkanes) is 5. The minimum absolute atomic E-state index is 0.913. The van der Waals surface area contributed by atoms with E-state index in [1.807, 2.05) is 12.3 Å². The van der Waals surface area contributed by atoms with Crippen molar-refractivity contribution >= 4 is 0 Å². The van der Waals surface area contributed by atoms with Gasteiger partial charge in [0.05, 0.1) is 6.67 Å². The fourth-order valence-corrected chi connectivity index (χ4v) is 1.46. The first-order valence-electron chi connectivity index (χ1n) is 6.61. The Morgan fingerprint density at radius 1 is 1.25 bits per heavy atom. The van der Waals surface area contributed by atoms with Gasteiger partial charge in [0, 0.05) is 6.54 Å². The second-order valence-corrected chi connectivity index (χ2v) is 4.06. The zero-order valence-electron chi connectivity index (χ0n) is 10.8. The Bertz CT molecular complexity index is 156. The van der Waals surface area contributed by atoms with Crippen molar-refractivity contribution < 1.29 is 0 Å². The quantitative estimate of drug-likeness (QED) is 0.532. The van der Waals surface area contributed by atoms with Crippen LogP contribution in [0.15, 0.2) is 24.9 Å². The summed E-state index contributed by atoms with van der Waals surface area (Å²) in [5.41, 5.74) is 0. The molecule has 2 heteroatoms. The van der Waals surface area contributed by atoms with Crippen molar-refractivity contribution in [3.8, 4) is 0 Å². The largest absolute Gasteiger partial charge is 0.379 e. The Labute approximate surface area is 101 Å². The van der Waals surface area contributed by atoms with Gasteiger partial charge in [-0.2, -0.15) is 0 Å². The summed E-state index contributed by atoms with van der Waals surface area (Å²) in [5.74, 6) is 0. The van der Waals surface area contributed by atoms with Crippen LogP contribution in [0.25, 0.3) is 0 Å². The molecule has 0 saturated heterocycles. The van der Waals surface area contributed by atoms with Gasteiger partial charge < -0.3 is 5.32 Å². The van der Waals surface area contributed by atoms with Gasteiger partial charge in [-0.15, -0.1) is 6.58 Å². The van der Waals surface area contributed by atoms with Crippen LogP contribution in [-0.2, 0) is 0 Å². The van der Waals surface area contributed by atoms with Crippen molar-refractivity contribution in [3.63, 3.8) is 0 Å². The normalized spacial score (nSPS) is 14.3. The minimum Gasteiger partial charge on any atom is -0.379 e. The third-order valence-electron chi connectivity index (χ3n) is 2.46. The van der Waals surface area contributed by atoms with Gasteiger partial charge in [-0.3, -0.25) is 5.32 Å². The van der Waals surface area contributed by atoms with E-state index in [-0.39, 0.29) is 0 Å². The zero-order chi connectivity index (χ0) is 11.9. The van der Waals surface area contributed by atoms with E-state index in [2.05, 4.69) is 30.2 Å². The van der Waals surface area contributed by atoms with Gasteiger partial charge in [0.2, 0.25) is 0 Å². The van der Waals surface area contributed by atoms with E-state index in [0.29, 0.717) is 0 Å². The first-order chi connectivity index (χ1) is 7.91. The maximum Gasteiger partial charge on any atom is 0.0648 e. The van der Waals surface area contributed by atoms with Crippen LogP contribution in [0, 0.1) is 0 Å². The van der Waals surface area contributed by atoms with E-state index in [1.54, 1.807) is 0 Å². The second kappa shape index (κ2) is 14.2. The summed E-state index contributed by atoms with van der Waals surface area (Å²) >= 11 is 0. The van der Waals surface area contributed by atoms with E-state index in [1.165, 1.54) is 38.5 Å². The Morgan fingerprint density at radius 3 is 2.81 bits per heavy atom. The van der Waals surface area contributed by atoms with Crippen molar-refractivity contribution in [2.24, 2.45) is 0 Å². The number of allylic oxidation sites excluding steroid dienone is 1. The Morgan fingerprint density at radius 2 is 2.06 bits per heavy atom. The van der Waals surface area contributed by atoms with Gasteiger partial charge in [-0.05, 0) is 25.5 Å². The van der Waals surface area contributed by atoms with Gasteiger partial charge in [-0.1, -0.05) is 44.8 Å². The molecule has 0 unspecified atom stereocenters. The highest BCUT2D eigenvalue weighted by Gasteiger charge is 1.85. The fourth-order valence-electron chi connectivity index (χ4n) is 1.46. The van der Waals surface area contributed by atoms with Gasteiger partial charge >= 0.3 is 0 Å². The molecule has 1 rings (SSSR count). The van der Waals surface area contributed by atoms with Crippen molar-refractivity contribution in [3.05, 3.63) is 24.9 Å². The molecule has 0 radical (unpaired) electrons. The molecule has 0 aromatic heterocycles. The number of hydrogen-bond donors (Lipinski definition) is 2. The highest BCUT2D eigenvalue weighted by molar-refractivity contribution is 4.82. The SMILES string of the molecule is C1=CNCNCC1.C=CCCCCCCC. The molecule has 16 heavy (non-hydrogen) atoms. The van der Waals surface area contributed by atoms with Gasteiger partial charge in [0.15, 0.2) is 0 Å². The molecule has 0 aromatic carbocycles. The predicted octanol–water partition coefficient (Wildman–Crippen LogP) is 3.57. The van der Waals surface area contributed by atoms with Gasteiger partial charge in [0.25, 0.3) is 0 Å². The van der Waals surface area contributed by atoms with Crippen molar-refractivity contribution in [2.75, 3.05) is 13.2 Å². The summed E-state index contributed by atoms with van der Waals surface area (Å²) in [7, 11) is 0. The molecule has 1 aliphatic heterocycles. The van der Waals surface area contributed by atoms with Crippen LogP contribution < -0.4 is 10.6 Å². The first kappa shape index (κ1) is 15.2. The molecule has 1 heterocycles. The van der Waals surface area contributed by atoms with Crippen LogP contribution in [0.1, 0.15) is 51.9 Å². The molecule has 0 spiro atoms. The number of nitrogens with one attached hydrogen (secondary N) is 2. The van der Waals surface area contributed by atoms with Crippen LogP contribution in [0.3, 0.4) is 0 Å². The second-order valence-electron chi connectivity index (χ2n) is 4.06. The van der Waals surface area contributed by atoms with Crippen molar-refractivity contribution in [1.82, 2.24) is 10.6 Å². The van der Waals surface area contributed by atoms with E-state index < -0.39 is 0 Å². The molecular weight excluding hydrogens is 196 g/mol. The maximum atomic E-state index is 3.68. The average molecular weight is 224 g/mol. The number of hydrogen-bond acceptors (Lipinski definition) is 2. The molecular formula is C14H28N2. The van der Waals surface area contributed by atoms with E-state index in [0.717, 1.165) is 19.6 Å². The van der Waals surface area contributed by atoms with E-state index in [9.17, 15) is 0 Å². The lowest BCUT2D eigenvalue weighted by Gasteiger charge is -1.95. The molecule has 0 bridgehead atoms. The number of rotatable bonds is 6. The smallest absolute Gasteiger partial charge is 0.0648 e. The van der Waals surface area contributed by atoms with Crippen LogP contribution in [0.4, 0.5) is 0 Å². The molecule has 0 fully saturated rings. The lowest BCUT2D eigenvalue weighted by Crippen LogP contribution is -2.23. The van der Waals surface area contributed by atoms with E-state index in [4.69, 9.17) is 0 Å². The molecule has 1 aliphatic rings. The molecule has 0 amide bonds. The fraction of sp³-hybridized carbons (Fsp3) is 0.714. The standard InChI is InChI=1S/C9H18.C5H10N2/c1-3-5-7-9-8-6-4-2;1-2-4-7-5-6-3-1/h3H,1,4-9H2,2H3;1,3,6-7H,2,4-5H2. The summed E-state index contributed by atoms with van der Waals surface area (Å²) < 4.78 is 0. The summed E-state index contributed by atoms with van der Waals surface area (Å²) in [4.78, 5) is 0. The Kier molecular flexibility index (Phi) is 13.6. The van der Waals surface area contributed by atoms with Gasteiger partial charge in [0.1, 0.15) is 0 Å². The predicted molar refractivity (Wildman–Crippen MR) is 73.3 cm³/mol. The van der Waals surface area contributed by atoms with Crippen molar-refractivity contribution in [2.45, 2.75) is 51.9 Å². The molecule has 2 nitrogen and oxygen atoms in total. The molecule has 0 saturated carbocycles. The molecule has 0 atom stereocenters. The first-order valence-corrected chi connectivity index (χ1v) is 6.61.